The molecular weight excluding hydrogens is 481 g/mol. The first kappa shape index (κ1) is 22.8. The number of nitrogens with one attached hydrogen (secondary N) is 2. The summed E-state index contributed by atoms with van der Waals surface area (Å²) < 4.78 is 12.7. The number of aliphatic imine (C=N–C) groups is 1. The molecule has 0 amide bonds. The Bertz CT molecular complexity index is 971. The molecule has 3 rings (SSSR count). The van der Waals surface area contributed by atoms with Crippen molar-refractivity contribution in [2.45, 2.75) is 19.9 Å². The van der Waals surface area contributed by atoms with Gasteiger partial charge in [-0.25, -0.2) is 4.98 Å². The molecule has 156 valence electrons. The third-order valence-corrected chi connectivity index (χ3v) is 4.56. The topological polar surface area (TPSA) is 72.2 Å². The predicted octanol–water partition coefficient (Wildman–Crippen LogP) is 3.19. The van der Waals surface area contributed by atoms with Gasteiger partial charge in [-0.2, -0.15) is 0 Å². The van der Waals surface area contributed by atoms with Crippen molar-refractivity contribution < 1.29 is 9.47 Å². The van der Waals surface area contributed by atoms with Crippen LogP contribution in [0.2, 0.25) is 0 Å². The molecule has 1 aromatic carbocycles. The maximum absolute atomic E-state index is 5.36. The molecule has 0 fully saturated rings. The summed E-state index contributed by atoms with van der Waals surface area (Å²) in [6.45, 7) is 3.43. The van der Waals surface area contributed by atoms with Crippen molar-refractivity contribution in [3.8, 4) is 11.5 Å². The van der Waals surface area contributed by atoms with Crippen LogP contribution in [0.15, 0.2) is 47.6 Å². The quantitative estimate of drug-likeness (QED) is 0.291. The summed E-state index contributed by atoms with van der Waals surface area (Å²) in [6, 6.07) is 12.1. The highest BCUT2D eigenvalue weighted by Crippen LogP contribution is 2.27. The summed E-state index contributed by atoms with van der Waals surface area (Å²) in [7, 11) is 5.05. The van der Waals surface area contributed by atoms with Gasteiger partial charge in [-0.1, -0.05) is 12.1 Å². The van der Waals surface area contributed by atoms with Crippen molar-refractivity contribution in [3.05, 3.63) is 59.5 Å². The number of fused-ring (bicyclic) bond motifs is 1. The monoisotopic (exact) mass is 509 g/mol. The van der Waals surface area contributed by atoms with Crippen molar-refractivity contribution in [2.24, 2.45) is 4.99 Å². The zero-order valence-corrected chi connectivity index (χ0v) is 19.6. The molecule has 0 aliphatic rings. The van der Waals surface area contributed by atoms with E-state index in [0.29, 0.717) is 6.54 Å². The summed E-state index contributed by atoms with van der Waals surface area (Å²) in [5.41, 5.74) is 4.25. The van der Waals surface area contributed by atoms with Crippen LogP contribution in [-0.2, 0) is 13.0 Å². The van der Waals surface area contributed by atoms with Crippen LogP contribution in [0.1, 0.15) is 17.0 Å². The van der Waals surface area contributed by atoms with Crippen LogP contribution in [0.3, 0.4) is 0 Å². The first-order chi connectivity index (χ1) is 13.6. The highest BCUT2D eigenvalue weighted by molar-refractivity contribution is 14.0. The molecule has 7 nitrogen and oxygen atoms in total. The van der Waals surface area contributed by atoms with Gasteiger partial charge in [0.15, 0.2) is 17.5 Å². The summed E-state index contributed by atoms with van der Waals surface area (Å²) >= 11 is 0. The van der Waals surface area contributed by atoms with Crippen molar-refractivity contribution in [3.63, 3.8) is 0 Å². The molecule has 0 saturated carbocycles. The molecule has 0 saturated heterocycles. The van der Waals surface area contributed by atoms with Crippen molar-refractivity contribution >= 4 is 35.6 Å². The standard InChI is InChI=1S/C21H27N5O2.HI/c1-15-6-5-7-20-25-17(14-26(15)20)13-24-21(22-2)23-11-10-16-8-9-18(27-3)19(12-16)28-4;/h5-9,12,14H,10-11,13H2,1-4H3,(H2,22,23,24);1H. The van der Waals surface area contributed by atoms with Crippen LogP contribution in [0.25, 0.3) is 5.65 Å². The van der Waals surface area contributed by atoms with Crippen molar-refractivity contribution in [2.75, 3.05) is 27.8 Å². The first-order valence-electron chi connectivity index (χ1n) is 9.23. The van der Waals surface area contributed by atoms with E-state index in [1.165, 1.54) is 0 Å². The molecular formula is C21H28IN5O2. The Hall–Kier alpha value is -2.49. The Morgan fingerprint density at radius 2 is 1.90 bits per heavy atom. The number of hydrogen-bond donors (Lipinski definition) is 2. The molecule has 0 bridgehead atoms. The fourth-order valence-corrected chi connectivity index (χ4v) is 3.04. The number of benzene rings is 1. The molecule has 29 heavy (non-hydrogen) atoms. The van der Waals surface area contributed by atoms with E-state index in [-0.39, 0.29) is 24.0 Å². The van der Waals surface area contributed by atoms with Gasteiger partial charge < -0.3 is 24.5 Å². The third-order valence-electron chi connectivity index (χ3n) is 4.56. The summed E-state index contributed by atoms with van der Waals surface area (Å²) in [5.74, 6) is 2.22. The zero-order valence-electron chi connectivity index (χ0n) is 17.2. The highest BCUT2D eigenvalue weighted by atomic mass is 127. The molecule has 0 aliphatic heterocycles. The normalized spacial score (nSPS) is 11.1. The maximum atomic E-state index is 5.36. The van der Waals surface area contributed by atoms with Crippen LogP contribution in [0.4, 0.5) is 0 Å². The fraction of sp³-hybridized carbons (Fsp3) is 0.333. The highest BCUT2D eigenvalue weighted by Gasteiger charge is 2.06. The molecule has 2 heterocycles. The second-order valence-corrected chi connectivity index (χ2v) is 6.42. The minimum atomic E-state index is 0. The Morgan fingerprint density at radius 1 is 1.10 bits per heavy atom. The number of pyridine rings is 1. The molecule has 8 heteroatoms. The van der Waals surface area contributed by atoms with Crippen LogP contribution in [-0.4, -0.2) is 43.2 Å². The molecule has 0 aliphatic carbocycles. The summed E-state index contributed by atoms with van der Waals surface area (Å²) in [6.07, 6.45) is 2.89. The number of ether oxygens (including phenoxy) is 2. The average Bonchev–Trinajstić information content (AvgIpc) is 3.15. The van der Waals surface area contributed by atoms with E-state index in [9.17, 15) is 0 Å². The molecule has 0 spiro atoms. The largest absolute Gasteiger partial charge is 0.493 e. The van der Waals surface area contributed by atoms with E-state index < -0.39 is 0 Å². The van der Waals surface area contributed by atoms with Gasteiger partial charge in [0.05, 0.1) is 26.5 Å². The van der Waals surface area contributed by atoms with Gasteiger partial charge in [-0.3, -0.25) is 4.99 Å². The Kier molecular flexibility index (Phi) is 8.56. The number of aromatic nitrogens is 2. The van der Waals surface area contributed by atoms with Gasteiger partial charge >= 0.3 is 0 Å². The van der Waals surface area contributed by atoms with E-state index in [1.807, 2.05) is 30.3 Å². The van der Waals surface area contributed by atoms with E-state index in [0.717, 1.165) is 53.0 Å². The van der Waals surface area contributed by atoms with Crippen LogP contribution in [0, 0.1) is 6.92 Å². The molecule has 2 aromatic heterocycles. The minimum absolute atomic E-state index is 0. The second-order valence-electron chi connectivity index (χ2n) is 6.42. The fourth-order valence-electron chi connectivity index (χ4n) is 3.04. The Balaban J connectivity index is 0.00000300. The molecule has 2 N–H and O–H groups in total. The lowest BCUT2D eigenvalue weighted by atomic mass is 10.1. The maximum Gasteiger partial charge on any atom is 0.191 e. The average molecular weight is 509 g/mol. The van der Waals surface area contributed by atoms with Crippen LogP contribution < -0.4 is 20.1 Å². The Morgan fingerprint density at radius 3 is 2.59 bits per heavy atom. The van der Waals surface area contributed by atoms with Gasteiger partial charge in [0.2, 0.25) is 0 Å². The summed E-state index contributed by atoms with van der Waals surface area (Å²) in [4.78, 5) is 8.92. The smallest absolute Gasteiger partial charge is 0.191 e. The lowest BCUT2D eigenvalue weighted by Gasteiger charge is -2.12. The first-order valence-corrected chi connectivity index (χ1v) is 9.23. The van der Waals surface area contributed by atoms with E-state index in [1.54, 1.807) is 21.3 Å². The molecule has 0 atom stereocenters. The zero-order chi connectivity index (χ0) is 19.9. The third kappa shape index (κ3) is 5.75. The van der Waals surface area contributed by atoms with Gasteiger partial charge in [-0.15, -0.1) is 24.0 Å². The minimum Gasteiger partial charge on any atom is -0.493 e. The SMILES string of the molecule is CN=C(NCCc1ccc(OC)c(OC)c1)NCc1cn2c(C)cccc2n1.I. The lowest BCUT2D eigenvalue weighted by molar-refractivity contribution is 0.354. The van der Waals surface area contributed by atoms with E-state index in [4.69, 9.17) is 9.47 Å². The molecule has 3 aromatic rings. The van der Waals surface area contributed by atoms with E-state index in [2.05, 4.69) is 44.2 Å². The van der Waals surface area contributed by atoms with Gasteiger partial charge in [-0.05, 0) is 43.2 Å². The van der Waals surface area contributed by atoms with Crippen molar-refractivity contribution in [1.82, 2.24) is 20.0 Å². The van der Waals surface area contributed by atoms with Crippen molar-refractivity contribution in [1.29, 1.82) is 0 Å². The number of halogens is 1. The Labute approximate surface area is 188 Å². The predicted molar refractivity (Wildman–Crippen MR) is 127 cm³/mol. The summed E-state index contributed by atoms with van der Waals surface area (Å²) in [5, 5.41) is 6.64. The molecule has 0 unspecified atom stereocenters. The second kappa shape index (κ2) is 10.9. The van der Waals surface area contributed by atoms with Crippen LogP contribution in [0.5, 0.6) is 11.5 Å². The van der Waals surface area contributed by atoms with E-state index >= 15 is 0 Å². The number of nitrogens with zero attached hydrogens (tertiary/aromatic N) is 3. The number of imidazole rings is 1. The van der Waals surface area contributed by atoms with Gasteiger partial charge in [0.25, 0.3) is 0 Å². The van der Waals surface area contributed by atoms with Crippen LogP contribution >= 0.6 is 24.0 Å². The van der Waals surface area contributed by atoms with Gasteiger partial charge in [0.1, 0.15) is 5.65 Å². The lowest BCUT2D eigenvalue weighted by Crippen LogP contribution is -2.37. The number of guanidine groups is 1. The number of rotatable bonds is 7. The number of methoxy groups -OCH3 is 2. The molecule has 0 radical (unpaired) electrons. The number of aryl methyl sites for hydroxylation is 1. The number of hydrogen-bond acceptors (Lipinski definition) is 4. The van der Waals surface area contributed by atoms with Gasteiger partial charge in [0, 0.05) is 25.5 Å².